The number of hydrogen-bond donors (Lipinski definition) is 0. The summed E-state index contributed by atoms with van der Waals surface area (Å²) in [6.07, 6.45) is 88.8. The van der Waals surface area contributed by atoms with E-state index >= 15 is 0 Å². The zero-order valence-electron chi connectivity index (χ0n) is 52.4. The van der Waals surface area contributed by atoms with Crippen molar-refractivity contribution >= 4 is 17.9 Å². The monoisotopic (exact) mass is 1100 g/mol. The molecular weight excluding hydrogens is 973 g/mol. The van der Waals surface area contributed by atoms with Gasteiger partial charge >= 0.3 is 17.9 Å². The Bertz CT molecular complexity index is 1500. The van der Waals surface area contributed by atoms with E-state index in [2.05, 4.69) is 106 Å². The second-order valence-electron chi connectivity index (χ2n) is 22.7. The first-order chi connectivity index (χ1) is 39.0. The van der Waals surface area contributed by atoms with Gasteiger partial charge in [0.15, 0.2) is 6.10 Å². The van der Waals surface area contributed by atoms with E-state index in [1.54, 1.807) is 0 Å². The fourth-order valence-corrected chi connectivity index (χ4v) is 9.84. The molecule has 0 aromatic rings. The van der Waals surface area contributed by atoms with E-state index in [0.29, 0.717) is 19.3 Å². The van der Waals surface area contributed by atoms with Gasteiger partial charge < -0.3 is 14.2 Å². The standard InChI is InChI=1S/C73H128O6/c1-4-7-10-13-16-19-22-25-27-29-30-31-32-33-34-35-36-37-38-39-40-41-42-44-45-48-51-54-57-60-63-66-72(75)78-69-70(68-77-71(74)65-62-59-56-53-50-47-24-21-18-15-12-9-6-3)79-73(76)67-64-61-58-55-52-49-46-43-28-26-23-20-17-14-11-8-5-2/h7,10,16,19,25,27,30-31,33-34,36-37,39-40,70H,4-6,8-9,11-15,17-18,20-24,26,28-29,32,35,38,41-69H2,1-3H3/b10-7-,19-16-,27-25-,31-30-,34-33-,37-36-,40-39-. The van der Waals surface area contributed by atoms with Crippen molar-refractivity contribution in [2.24, 2.45) is 0 Å². The summed E-state index contributed by atoms with van der Waals surface area (Å²) in [5, 5.41) is 0. The van der Waals surface area contributed by atoms with Crippen LogP contribution in [0.15, 0.2) is 85.1 Å². The quantitative estimate of drug-likeness (QED) is 0.0261. The predicted molar refractivity (Wildman–Crippen MR) is 344 cm³/mol. The highest BCUT2D eigenvalue weighted by Crippen LogP contribution is 2.17. The van der Waals surface area contributed by atoms with Crippen LogP contribution in [0.4, 0.5) is 0 Å². The third-order valence-corrected chi connectivity index (χ3v) is 14.9. The molecule has 6 nitrogen and oxygen atoms in total. The van der Waals surface area contributed by atoms with Crippen LogP contribution in [0.2, 0.25) is 0 Å². The topological polar surface area (TPSA) is 78.9 Å². The first-order valence-corrected chi connectivity index (χ1v) is 34.1. The maximum atomic E-state index is 12.9. The van der Waals surface area contributed by atoms with E-state index in [9.17, 15) is 14.4 Å². The second-order valence-corrected chi connectivity index (χ2v) is 22.7. The molecule has 0 aliphatic heterocycles. The summed E-state index contributed by atoms with van der Waals surface area (Å²) in [7, 11) is 0. The summed E-state index contributed by atoms with van der Waals surface area (Å²) in [6, 6.07) is 0. The normalized spacial score (nSPS) is 12.6. The van der Waals surface area contributed by atoms with Crippen molar-refractivity contribution in [1.29, 1.82) is 0 Å². The molecule has 0 saturated heterocycles. The number of hydrogen-bond acceptors (Lipinski definition) is 6. The maximum absolute atomic E-state index is 12.9. The summed E-state index contributed by atoms with van der Waals surface area (Å²) in [4.78, 5) is 38.4. The lowest BCUT2D eigenvalue weighted by atomic mass is 10.0. The van der Waals surface area contributed by atoms with Gasteiger partial charge in [-0.1, -0.05) is 331 Å². The van der Waals surface area contributed by atoms with Crippen molar-refractivity contribution in [2.45, 2.75) is 348 Å². The molecule has 79 heavy (non-hydrogen) atoms. The van der Waals surface area contributed by atoms with Gasteiger partial charge in [0.25, 0.3) is 0 Å². The Hall–Kier alpha value is -3.41. The van der Waals surface area contributed by atoms with E-state index in [1.165, 1.54) is 193 Å². The molecular formula is C73H128O6. The first kappa shape index (κ1) is 75.6. The molecule has 1 atom stereocenters. The Morgan fingerprint density at radius 1 is 0.266 bits per heavy atom. The van der Waals surface area contributed by atoms with Crippen LogP contribution in [0.25, 0.3) is 0 Å². The Labute approximate surface area is 490 Å². The summed E-state index contributed by atoms with van der Waals surface area (Å²) in [6.45, 7) is 6.57. The Balaban J connectivity index is 4.25. The molecule has 6 heteroatoms. The third kappa shape index (κ3) is 65.3. The van der Waals surface area contributed by atoms with Crippen LogP contribution in [0.5, 0.6) is 0 Å². The number of carbonyl (C=O) groups excluding carboxylic acids is 3. The van der Waals surface area contributed by atoms with Crippen LogP contribution in [-0.2, 0) is 28.6 Å². The van der Waals surface area contributed by atoms with Crippen molar-refractivity contribution in [2.75, 3.05) is 13.2 Å². The molecule has 0 aliphatic carbocycles. The Kier molecular flexibility index (Phi) is 64.2. The van der Waals surface area contributed by atoms with Crippen LogP contribution in [0.3, 0.4) is 0 Å². The molecule has 0 aromatic carbocycles. The van der Waals surface area contributed by atoms with Crippen molar-refractivity contribution in [3.8, 4) is 0 Å². The van der Waals surface area contributed by atoms with Gasteiger partial charge in [0.1, 0.15) is 13.2 Å². The van der Waals surface area contributed by atoms with Crippen LogP contribution in [-0.4, -0.2) is 37.2 Å². The largest absolute Gasteiger partial charge is 0.462 e. The van der Waals surface area contributed by atoms with Crippen molar-refractivity contribution < 1.29 is 28.6 Å². The lowest BCUT2D eigenvalue weighted by Crippen LogP contribution is -2.30. The molecule has 0 N–H and O–H groups in total. The van der Waals surface area contributed by atoms with Gasteiger partial charge in [0, 0.05) is 19.3 Å². The van der Waals surface area contributed by atoms with Crippen molar-refractivity contribution in [3.05, 3.63) is 85.1 Å². The van der Waals surface area contributed by atoms with Gasteiger partial charge in [0.05, 0.1) is 0 Å². The average molecular weight is 1100 g/mol. The van der Waals surface area contributed by atoms with Crippen LogP contribution < -0.4 is 0 Å². The van der Waals surface area contributed by atoms with Gasteiger partial charge in [0.2, 0.25) is 0 Å². The highest BCUT2D eigenvalue weighted by molar-refractivity contribution is 5.71. The SMILES string of the molecule is CC/C=C\C/C=C\C/C=C\C/C=C\C/C=C\C/C=C\C/C=C\CCCCCCCCCCCC(=O)OCC(COC(=O)CCCCCCCCCCCCCCC)OC(=O)CCCCCCCCCCCCCCCCCCC. The molecule has 0 saturated carbocycles. The summed E-state index contributed by atoms with van der Waals surface area (Å²) in [5.74, 6) is -0.859. The fourth-order valence-electron chi connectivity index (χ4n) is 9.84. The van der Waals surface area contributed by atoms with E-state index in [-0.39, 0.29) is 31.1 Å². The lowest BCUT2D eigenvalue weighted by molar-refractivity contribution is -0.167. The minimum absolute atomic E-state index is 0.0723. The van der Waals surface area contributed by atoms with Crippen molar-refractivity contribution in [3.63, 3.8) is 0 Å². The highest BCUT2D eigenvalue weighted by Gasteiger charge is 2.19. The van der Waals surface area contributed by atoms with Gasteiger partial charge in [-0.05, 0) is 77.0 Å². The smallest absolute Gasteiger partial charge is 0.306 e. The number of rotatable bonds is 62. The van der Waals surface area contributed by atoms with Gasteiger partial charge in [-0.15, -0.1) is 0 Å². The van der Waals surface area contributed by atoms with E-state index in [1.807, 2.05) is 0 Å². The summed E-state index contributed by atoms with van der Waals surface area (Å²) < 4.78 is 17.0. The third-order valence-electron chi connectivity index (χ3n) is 14.9. The Morgan fingerprint density at radius 3 is 0.772 bits per heavy atom. The summed E-state index contributed by atoms with van der Waals surface area (Å²) >= 11 is 0. The lowest BCUT2D eigenvalue weighted by Gasteiger charge is -2.18. The van der Waals surface area contributed by atoms with E-state index in [4.69, 9.17) is 14.2 Å². The van der Waals surface area contributed by atoms with Gasteiger partial charge in [-0.3, -0.25) is 14.4 Å². The molecule has 0 aliphatic rings. The molecule has 0 amide bonds. The fraction of sp³-hybridized carbons (Fsp3) is 0.767. The average Bonchev–Trinajstić information content (AvgIpc) is 3.45. The first-order valence-electron chi connectivity index (χ1n) is 34.1. The molecule has 456 valence electrons. The second kappa shape index (κ2) is 67.1. The van der Waals surface area contributed by atoms with Crippen molar-refractivity contribution in [1.82, 2.24) is 0 Å². The number of esters is 3. The zero-order valence-corrected chi connectivity index (χ0v) is 52.4. The molecule has 0 spiro atoms. The van der Waals surface area contributed by atoms with Crippen LogP contribution in [0, 0.1) is 0 Å². The van der Waals surface area contributed by atoms with E-state index < -0.39 is 6.10 Å². The molecule has 0 fully saturated rings. The molecule has 0 aromatic heterocycles. The van der Waals surface area contributed by atoms with Crippen LogP contribution in [0.1, 0.15) is 342 Å². The maximum Gasteiger partial charge on any atom is 0.306 e. The zero-order chi connectivity index (χ0) is 57.1. The predicted octanol–water partition coefficient (Wildman–Crippen LogP) is 23.4. The Morgan fingerprint density at radius 2 is 0.494 bits per heavy atom. The molecule has 1 unspecified atom stereocenters. The number of allylic oxidation sites excluding steroid dienone is 14. The highest BCUT2D eigenvalue weighted by atomic mass is 16.6. The molecule has 0 bridgehead atoms. The number of carbonyl (C=O) groups is 3. The molecule has 0 rings (SSSR count). The van der Waals surface area contributed by atoms with Gasteiger partial charge in [-0.2, -0.15) is 0 Å². The van der Waals surface area contributed by atoms with Crippen LogP contribution >= 0.6 is 0 Å². The molecule has 0 radical (unpaired) electrons. The molecule has 0 heterocycles. The number of ether oxygens (including phenoxy) is 3. The number of unbranched alkanes of at least 4 members (excludes halogenated alkanes) is 37. The minimum atomic E-state index is -0.776. The van der Waals surface area contributed by atoms with Gasteiger partial charge in [-0.25, -0.2) is 0 Å². The van der Waals surface area contributed by atoms with E-state index in [0.717, 1.165) is 109 Å². The summed E-state index contributed by atoms with van der Waals surface area (Å²) in [5.41, 5.74) is 0. The minimum Gasteiger partial charge on any atom is -0.462 e.